The van der Waals surface area contributed by atoms with Crippen molar-refractivity contribution in [2.75, 3.05) is 24.5 Å². The third kappa shape index (κ3) is 4.01. The smallest absolute Gasteiger partial charge is 0.128 e. The highest BCUT2D eigenvalue weighted by molar-refractivity contribution is 8.00. The third-order valence-electron chi connectivity index (χ3n) is 3.23. The molecule has 1 aliphatic rings. The van der Waals surface area contributed by atoms with Crippen LogP contribution in [0.1, 0.15) is 26.3 Å². The van der Waals surface area contributed by atoms with E-state index in [1.54, 1.807) is 6.20 Å². The fraction of sp³-hybridized carbons (Fsp3) is 0.643. The fourth-order valence-corrected chi connectivity index (χ4v) is 3.90. The van der Waals surface area contributed by atoms with Crippen molar-refractivity contribution in [3.8, 4) is 0 Å². The second-order valence-corrected chi connectivity index (χ2v) is 7.37. The second kappa shape index (κ2) is 6.82. The largest absolute Gasteiger partial charge is 0.354 e. The van der Waals surface area contributed by atoms with E-state index in [0.29, 0.717) is 10.5 Å². The molecule has 2 heterocycles. The van der Waals surface area contributed by atoms with E-state index in [1.165, 1.54) is 0 Å². The summed E-state index contributed by atoms with van der Waals surface area (Å²) >= 11 is 8.26. The van der Waals surface area contributed by atoms with Crippen molar-refractivity contribution in [3.05, 3.63) is 22.8 Å². The predicted molar refractivity (Wildman–Crippen MR) is 85.4 cm³/mol. The molecule has 1 aromatic heterocycles. The van der Waals surface area contributed by atoms with Crippen LogP contribution in [0, 0.1) is 0 Å². The maximum Gasteiger partial charge on any atom is 0.128 e. The van der Waals surface area contributed by atoms with Gasteiger partial charge in [0.1, 0.15) is 5.82 Å². The van der Waals surface area contributed by atoms with E-state index in [4.69, 9.17) is 11.6 Å². The number of hydrogen-bond donors (Lipinski definition) is 1. The van der Waals surface area contributed by atoms with Crippen molar-refractivity contribution in [1.82, 2.24) is 10.3 Å². The molecule has 0 aliphatic carbocycles. The monoisotopic (exact) mass is 299 g/mol. The first-order valence-electron chi connectivity index (χ1n) is 6.85. The highest BCUT2D eigenvalue weighted by atomic mass is 35.5. The van der Waals surface area contributed by atoms with Gasteiger partial charge in [-0.3, -0.25) is 0 Å². The van der Waals surface area contributed by atoms with E-state index in [1.807, 2.05) is 0 Å². The van der Waals surface area contributed by atoms with Crippen molar-refractivity contribution in [3.63, 3.8) is 0 Å². The Morgan fingerprint density at radius 2 is 2.11 bits per heavy atom. The molecule has 0 spiro atoms. The number of hydrogen-bond acceptors (Lipinski definition) is 4. The Balaban J connectivity index is 2.15. The molecule has 0 saturated carbocycles. The summed E-state index contributed by atoms with van der Waals surface area (Å²) in [4.78, 5) is 6.87. The molecule has 1 saturated heterocycles. The van der Waals surface area contributed by atoms with Gasteiger partial charge in [0.2, 0.25) is 0 Å². The number of halogens is 1. The minimum Gasteiger partial charge on any atom is -0.354 e. The Morgan fingerprint density at radius 1 is 1.42 bits per heavy atom. The highest BCUT2D eigenvalue weighted by Gasteiger charge is 2.23. The third-order valence-corrected chi connectivity index (χ3v) is 4.80. The van der Waals surface area contributed by atoms with Crippen LogP contribution in [0.25, 0.3) is 0 Å². The topological polar surface area (TPSA) is 28.2 Å². The zero-order valence-corrected chi connectivity index (χ0v) is 13.4. The van der Waals surface area contributed by atoms with Gasteiger partial charge in [-0.05, 0) is 18.2 Å². The van der Waals surface area contributed by atoms with Crippen molar-refractivity contribution < 1.29 is 0 Å². The van der Waals surface area contributed by atoms with E-state index < -0.39 is 0 Å². The number of pyridine rings is 1. The van der Waals surface area contributed by atoms with Crippen LogP contribution in [0.3, 0.4) is 0 Å². The van der Waals surface area contributed by atoms with Gasteiger partial charge in [-0.25, -0.2) is 4.98 Å². The maximum absolute atomic E-state index is 6.20. The number of aromatic nitrogens is 1. The predicted octanol–water partition coefficient (Wildman–Crippen LogP) is 3.17. The number of anilines is 1. The number of thioether (sulfide) groups is 1. The molecular formula is C14H22ClN3S. The Bertz CT molecular complexity index is 417. The SMILES string of the molecule is CCNCc1cc(N2CC(C)SC(C)C2)ncc1Cl. The molecule has 2 unspecified atom stereocenters. The first-order chi connectivity index (χ1) is 9.10. The summed E-state index contributed by atoms with van der Waals surface area (Å²) in [6.45, 7) is 10.5. The number of nitrogens with zero attached hydrogens (tertiary/aromatic N) is 2. The van der Waals surface area contributed by atoms with E-state index >= 15 is 0 Å². The fourth-order valence-electron chi connectivity index (χ4n) is 2.40. The minimum absolute atomic E-state index is 0.651. The molecule has 2 atom stereocenters. The summed E-state index contributed by atoms with van der Waals surface area (Å²) in [7, 11) is 0. The minimum atomic E-state index is 0.651. The molecule has 0 aromatic carbocycles. The molecule has 2 rings (SSSR count). The van der Waals surface area contributed by atoms with Gasteiger partial charge in [-0.2, -0.15) is 11.8 Å². The van der Waals surface area contributed by atoms with Crippen molar-refractivity contribution in [2.24, 2.45) is 0 Å². The first kappa shape index (κ1) is 14.9. The average Bonchev–Trinajstić information content (AvgIpc) is 2.36. The molecule has 0 radical (unpaired) electrons. The Morgan fingerprint density at radius 3 is 2.74 bits per heavy atom. The molecular weight excluding hydrogens is 278 g/mol. The zero-order chi connectivity index (χ0) is 13.8. The summed E-state index contributed by atoms with van der Waals surface area (Å²) in [5, 5.41) is 5.37. The van der Waals surface area contributed by atoms with Crippen LogP contribution < -0.4 is 10.2 Å². The summed E-state index contributed by atoms with van der Waals surface area (Å²) in [6, 6.07) is 2.13. The quantitative estimate of drug-likeness (QED) is 0.924. The first-order valence-corrected chi connectivity index (χ1v) is 8.17. The van der Waals surface area contributed by atoms with Crippen LogP contribution in [-0.4, -0.2) is 35.1 Å². The van der Waals surface area contributed by atoms with Crippen LogP contribution in [0.5, 0.6) is 0 Å². The lowest BCUT2D eigenvalue weighted by Crippen LogP contribution is -2.40. The van der Waals surface area contributed by atoms with Crippen molar-refractivity contribution >= 4 is 29.2 Å². The van der Waals surface area contributed by atoms with E-state index in [2.05, 4.69) is 53.8 Å². The van der Waals surface area contributed by atoms with Crippen LogP contribution in [0.15, 0.2) is 12.3 Å². The van der Waals surface area contributed by atoms with Gasteiger partial charge in [0.25, 0.3) is 0 Å². The standard InChI is InChI=1S/C14H22ClN3S/c1-4-16-6-12-5-14(17-7-13(12)15)18-8-10(2)19-11(3)9-18/h5,7,10-11,16H,4,6,8-9H2,1-3H3. The van der Waals surface area contributed by atoms with Crippen LogP contribution in [0.4, 0.5) is 5.82 Å². The number of nitrogens with one attached hydrogen (secondary N) is 1. The molecule has 1 fully saturated rings. The molecule has 1 N–H and O–H groups in total. The molecule has 1 aliphatic heterocycles. The summed E-state index contributed by atoms with van der Waals surface area (Å²) < 4.78 is 0. The molecule has 19 heavy (non-hydrogen) atoms. The summed E-state index contributed by atoms with van der Waals surface area (Å²) in [6.07, 6.45) is 1.78. The van der Waals surface area contributed by atoms with Gasteiger partial charge in [-0.15, -0.1) is 0 Å². The summed E-state index contributed by atoms with van der Waals surface area (Å²) in [5.74, 6) is 1.05. The number of rotatable bonds is 4. The molecule has 3 nitrogen and oxygen atoms in total. The van der Waals surface area contributed by atoms with Gasteiger partial charge < -0.3 is 10.2 Å². The lowest BCUT2D eigenvalue weighted by molar-refractivity contribution is 0.709. The maximum atomic E-state index is 6.20. The van der Waals surface area contributed by atoms with Gasteiger partial charge in [-0.1, -0.05) is 32.4 Å². The summed E-state index contributed by atoms with van der Waals surface area (Å²) in [5.41, 5.74) is 1.13. The van der Waals surface area contributed by atoms with Gasteiger partial charge in [0.05, 0.1) is 5.02 Å². The van der Waals surface area contributed by atoms with Crippen LogP contribution >= 0.6 is 23.4 Å². The van der Waals surface area contributed by atoms with Crippen LogP contribution in [0.2, 0.25) is 5.02 Å². The van der Waals surface area contributed by atoms with E-state index in [9.17, 15) is 0 Å². The average molecular weight is 300 g/mol. The second-order valence-electron chi connectivity index (χ2n) is 5.08. The molecule has 1 aromatic rings. The molecule has 5 heteroatoms. The Hall–Kier alpha value is -0.450. The van der Waals surface area contributed by atoms with Gasteiger partial charge >= 0.3 is 0 Å². The zero-order valence-electron chi connectivity index (χ0n) is 11.8. The normalized spacial score (nSPS) is 23.7. The van der Waals surface area contributed by atoms with Crippen LogP contribution in [-0.2, 0) is 6.54 Å². The van der Waals surface area contributed by atoms with Gasteiger partial charge in [0, 0.05) is 36.3 Å². The molecule has 106 valence electrons. The Labute approximate surface area is 125 Å². The van der Waals surface area contributed by atoms with E-state index in [-0.39, 0.29) is 0 Å². The van der Waals surface area contributed by atoms with E-state index in [0.717, 1.165) is 42.6 Å². The highest BCUT2D eigenvalue weighted by Crippen LogP contribution is 2.29. The lowest BCUT2D eigenvalue weighted by Gasteiger charge is -2.35. The molecule has 0 bridgehead atoms. The lowest BCUT2D eigenvalue weighted by atomic mass is 10.2. The molecule has 0 amide bonds. The Kier molecular flexibility index (Phi) is 5.37. The van der Waals surface area contributed by atoms with Crippen molar-refractivity contribution in [2.45, 2.75) is 37.8 Å². The van der Waals surface area contributed by atoms with Crippen molar-refractivity contribution in [1.29, 1.82) is 0 Å². The van der Waals surface area contributed by atoms with Gasteiger partial charge in [0.15, 0.2) is 0 Å².